The number of benzene rings is 1. The van der Waals surface area contributed by atoms with E-state index in [0.717, 1.165) is 51.4 Å². The molecule has 250 valence electrons. The molecule has 10 atom stereocenters. The predicted molar refractivity (Wildman–Crippen MR) is 160 cm³/mol. The Labute approximate surface area is 257 Å². The van der Waals surface area contributed by atoms with E-state index in [9.17, 15) is 35.4 Å². The second kappa shape index (κ2) is 16.6. The van der Waals surface area contributed by atoms with Crippen molar-refractivity contribution in [3.63, 3.8) is 0 Å². The number of aliphatic hydroxyl groups excluding tert-OH is 6. The van der Waals surface area contributed by atoms with Crippen LogP contribution in [0.15, 0.2) is 29.1 Å². The van der Waals surface area contributed by atoms with Crippen molar-refractivity contribution in [3.8, 4) is 0 Å². The van der Waals surface area contributed by atoms with E-state index in [1.807, 2.05) is 0 Å². The van der Waals surface area contributed by atoms with Crippen molar-refractivity contribution in [2.24, 2.45) is 0 Å². The molecule has 4 rings (SSSR count). The Morgan fingerprint density at radius 3 is 1.43 bits per heavy atom. The molecule has 0 saturated carbocycles. The number of nitrogens with zero attached hydrogens (tertiary/aromatic N) is 2. The summed E-state index contributed by atoms with van der Waals surface area (Å²) in [6, 6.07) is 6.93. The first-order chi connectivity index (χ1) is 21.2. The Morgan fingerprint density at radius 1 is 0.636 bits per heavy atom. The lowest BCUT2D eigenvalue weighted by Crippen LogP contribution is -2.60. The van der Waals surface area contributed by atoms with Crippen LogP contribution in [0.3, 0.4) is 0 Å². The topological polar surface area (TPSA) is 185 Å². The van der Waals surface area contributed by atoms with Crippen LogP contribution in [0.25, 0.3) is 11.0 Å². The van der Waals surface area contributed by atoms with Crippen molar-refractivity contribution < 1.29 is 49.6 Å². The summed E-state index contributed by atoms with van der Waals surface area (Å²) in [5.74, 6) is 0. The van der Waals surface area contributed by atoms with E-state index in [-0.39, 0.29) is 13.1 Å². The third-order valence-electron chi connectivity index (χ3n) is 8.59. The van der Waals surface area contributed by atoms with Crippen molar-refractivity contribution >= 4 is 11.0 Å². The van der Waals surface area contributed by atoms with Crippen LogP contribution in [0.5, 0.6) is 0 Å². The number of fused-ring (bicyclic) bond motifs is 1. The van der Waals surface area contributed by atoms with Crippen LogP contribution in [0.1, 0.15) is 65.2 Å². The highest BCUT2D eigenvalue weighted by Gasteiger charge is 2.46. The quantitative estimate of drug-likeness (QED) is 0.144. The maximum absolute atomic E-state index is 13.8. The van der Waals surface area contributed by atoms with Crippen LogP contribution in [0, 0.1) is 0 Å². The second-order valence-electron chi connectivity index (χ2n) is 11.9. The number of rotatable bonds is 16. The standard InChI is InChI=1S/C31H50N2O11/c1-3-5-7-11-15-41-27-23(34)21(43-29(38)25(27)36)17-32-19-13-9-10-14-20(19)33(31(32)40)18-22-24(35)28(26(37)30(39)44-22)42-16-12-8-6-4-2/h9-10,13-14,21-30,34-39H,3-8,11-12,15-18H2,1-2H3/t21-,22+,23+,24-,25+,26-,27+,28-,29-,30+. The van der Waals surface area contributed by atoms with Gasteiger partial charge >= 0.3 is 5.69 Å². The van der Waals surface area contributed by atoms with Crippen LogP contribution in [-0.2, 0) is 32.0 Å². The average Bonchev–Trinajstić information content (AvgIpc) is 3.27. The monoisotopic (exact) mass is 626 g/mol. The number of imidazole rings is 1. The summed E-state index contributed by atoms with van der Waals surface area (Å²) < 4.78 is 25.4. The first-order valence-electron chi connectivity index (χ1n) is 16.0. The van der Waals surface area contributed by atoms with Crippen LogP contribution in [0.4, 0.5) is 0 Å². The molecule has 0 aliphatic carbocycles. The molecule has 2 aliphatic heterocycles. The van der Waals surface area contributed by atoms with E-state index >= 15 is 0 Å². The number of para-hydroxylation sites is 2. The van der Waals surface area contributed by atoms with Crippen LogP contribution in [-0.4, -0.2) is 114 Å². The Hall–Kier alpha value is -1.91. The number of aliphatic hydroxyl groups is 6. The largest absolute Gasteiger partial charge is 0.388 e. The zero-order chi connectivity index (χ0) is 31.8. The fourth-order valence-corrected chi connectivity index (χ4v) is 6.01. The lowest BCUT2D eigenvalue weighted by molar-refractivity contribution is -0.292. The van der Waals surface area contributed by atoms with Gasteiger partial charge in [-0.3, -0.25) is 9.13 Å². The molecule has 2 aromatic rings. The van der Waals surface area contributed by atoms with Gasteiger partial charge in [0.25, 0.3) is 0 Å². The molecular formula is C31H50N2O11. The summed E-state index contributed by atoms with van der Waals surface area (Å²) in [5, 5.41) is 63.9. The maximum atomic E-state index is 13.8. The third kappa shape index (κ3) is 8.08. The maximum Gasteiger partial charge on any atom is 0.329 e. The molecule has 3 heterocycles. The van der Waals surface area contributed by atoms with Crippen molar-refractivity contribution in [2.45, 2.75) is 140 Å². The van der Waals surface area contributed by atoms with E-state index < -0.39 is 67.1 Å². The molecule has 44 heavy (non-hydrogen) atoms. The highest BCUT2D eigenvalue weighted by molar-refractivity contribution is 5.76. The molecule has 13 heteroatoms. The molecule has 2 aliphatic rings. The Bertz CT molecular complexity index is 1120. The van der Waals surface area contributed by atoms with Gasteiger partial charge in [-0.25, -0.2) is 4.79 Å². The molecule has 0 unspecified atom stereocenters. The Morgan fingerprint density at radius 2 is 1.05 bits per heavy atom. The molecule has 2 fully saturated rings. The van der Waals surface area contributed by atoms with Gasteiger partial charge in [0.2, 0.25) is 0 Å². The van der Waals surface area contributed by atoms with E-state index in [4.69, 9.17) is 18.9 Å². The molecule has 0 amide bonds. The Kier molecular flexibility index (Phi) is 13.2. The minimum Gasteiger partial charge on any atom is -0.388 e. The smallest absolute Gasteiger partial charge is 0.329 e. The van der Waals surface area contributed by atoms with Gasteiger partial charge in [-0.15, -0.1) is 0 Å². The molecular weight excluding hydrogens is 576 g/mol. The lowest BCUT2D eigenvalue weighted by Gasteiger charge is -2.40. The molecule has 0 bridgehead atoms. The lowest BCUT2D eigenvalue weighted by atomic mass is 9.98. The van der Waals surface area contributed by atoms with Gasteiger partial charge in [0.15, 0.2) is 12.6 Å². The highest BCUT2D eigenvalue weighted by atomic mass is 16.7. The van der Waals surface area contributed by atoms with Crippen molar-refractivity contribution in [2.75, 3.05) is 13.2 Å². The van der Waals surface area contributed by atoms with Gasteiger partial charge in [-0.05, 0) is 25.0 Å². The van der Waals surface area contributed by atoms with Gasteiger partial charge in [0.05, 0.1) is 24.1 Å². The molecule has 1 aromatic carbocycles. The van der Waals surface area contributed by atoms with Gasteiger partial charge in [-0.2, -0.15) is 0 Å². The highest BCUT2D eigenvalue weighted by Crippen LogP contribution is 2.27. The number of unbranched alkanes of at least 4 members (excludes halogenated alkanes) is 6. The third-order valence-corrected chi connectivity index (χ3v) is 8.59. The summed E-state index contributed by atoms with van der Waals surface area (Å²) in [4.78, 5) is 13.8. The van der Waals surface area contributed by atoms with E-state index in [2.05, 4.69) is 13.8 Å². The van der Waals surface area contributed by atoms with Crippen LogP contribution in [0.2, 0.25) is 0 Å². The summed E-state index contributed by atoms with van der Waals surface area (Å²) in [7, 11) is 0. The molecule has 2 saturated heterocycles. The summed E-state index contributed by atoms with van der Waals surface area (Å²) >= 11 is 0. The number of ether oxygens (including phenoxy) is 4. The van der Waals surface area contributed by atoms with Gasteiger partial charge in [0.1, 0.15) is 48.8 Å². The van der Waals surface area contributed by atoms with E-state index in [1.54, 1.807) is 24.3 Å². The molecule has 6 N–H and O–H groups in total. The van der Waals surface area contributed by atoms with Crippen LogP contribution < -0.4 is 5.69 Å². The normalized spacial score (nSPS) is 32.8. The Balaban J connectivity index is 1.51. The van der Waals surface area contributed by atoms with E-state index in [1.165, 1.54) is 9.13 Å². The van der Waals surface area contributed by atoms with Gasteiger partial charge in [-0.1, -0.05) is 64.5 Å². The number of aromatic nitrogens is 2. The SMILES string of the molecule is CCCCCCO[C@H]1[C@@H](O)[C@@H](Cn2c(=O)n(C[C@@H]3O[C@H](O)[C@H](O)[C@H](OCCCCCC)[C@@H]3O)c3ccccc32)O[C@@H](O)[C@H]1O. The fourth-order valence-electron chi connectivity index (χ4n) is 6.01. The first kappa shape index (κ1) is 35.0. The van der Waals surface area contributed by atoms with Crippen LogP contribution >= 0.6 is 0 Å². The van der Waals surface area contributed by atoms with Gasteiger partial charge < -0.3 is 49.6 Å². The van der Waals surface area contributed by atoms with Crippen molar-refractivity contribution in [3.05, 3.63) is 34.7 Å². The van der Waals surface area contributed by atoms with E-state index in [0.29, 0.717) is 24.2 Å². The zero-order valence-electron chi connectivity index (χ0n) is 25.7. The average molecular weight is 627 g/mol. The zero-order valence-corrected chi connectivity index (χ0v) is 25.7. The molecule has 0 radical (unpaired) electrons. The second-order valence-corrected chi connectivity index (χ2v) is 11.9. The minimum atomic E-state index is -1.62. The fraction of sp³-hybridized carbons (Fsp3) is 0.774. The van der Waals surface area contributed by atoms with Crippen molar-refractivity contribution in [1.82, 2.24) is 9.13 Å². The number of hydrogen-bond donors (Lipinski definition) is 6. The summed E-state index contributed by atoms with van der Waals surface area (Å²) in [5.41, 5.74) is 0.495. The summed E-state index contributed by atoms with van der Waals surface area (Å²) in [6.07, 6.45) is -5.65. The summed E-state index contributed by atoms with van der Waals surface area (Å²) in [6.45, 7) is 4.45. The molecule has 0 spiro atoms. The predicted octanol–water partition coefficient (Wildman–Crippen LogP) is 0.612. The van der Waals surface area contributed by atoms with Crippen molar-refractivity contribution in [1.29, 1.82) is 0 Å². The molecule has 1 aromatic heterocycles. The first-order valence-corrected chi connectivity index (χ1v) is 16.0. The molecule has 13 nitrogen and oxygen atoms in total. The minimum absolute atomic E-state index is 0.161. The van der Waals surface area contributed by atoms with Gasteiger partial charge in [0, 0.05) is 13.2 Å². The number of hydrogen-bond acceptors (Lipinski definition) is 11.